The van der Waals surface area contributed by atoms with Gasteiger partial charge in [0.25, 0.3) is 0 Å². The lowest BCUT2D eigenvalue weighted by Gasteiger charge is -2.10. The first-order chi connectivity index (χ1) is 12.0. The summed E-state index contributed by atoms with van der Waals surface area (Å²) in [6.07, 6.45) is 0. The van der Waals surface area contributed by atoms with Gasteiger partial charge in [-0.15, -0.1) is 5.10 Å². The molecule has 2 N–H and O–H groups in total. The number of halogens is 2. The number of carbonyl (C=O) groups is 1. The largest absolute Gasteiger partial charge is 0.323 e. The van der Waals surface area contributed by atoms with E-state index in [1.807, 2.05) is 12.1 Å². The van der Waals surface area contributed by atoms with Crippen LogP contribution in [-0.4, -0.2) is 26.3 Å². The van der Waals surface area contributed by atoms with Gasteiger partial charge in [-0.1, -0.05) is 35.5 Å². The molecule has 3 rings (SSSR count). The average molecular weight is 377 g/mol. The molecule has 3 aromatic rings. The molecule has 8 heteroatoms. The second-order valence-corrected chi connectivity index (χ2v) is 6.95. The number of nitrogens with one attached hydrogen (secondary N) is 2. The number of rotatable bonds is 5. The van der Waals surface area contributed by atoms with Gasteiger partial charge in [-0.25, -0.2) is 9.37 Å². The lowest BCUT2D eigenvalue weighted by molar-refractivity contribution is -0.115. The van der Waals surface area contributed by atoms with E-state index >= 15 is 0 Å². The lowest BCUT2D eigenvalue weighted by Crippen LogP contribution is -2.23. The van der Waals surface area contributed by atoms with Gasteiger partial charge in [-0.05, 0) is 43.3 Å². The van der Waals surface area contributed by atoms with Gasteiger partial charge < -0.3 is 5.32 Å². The van der Waals surface area contributed by atoms with E-state index < -0.39 is 11.1 Å². The number of anilines is 1. The average Bonchev–Trinajstić information content (AvgIpc) is 3.06. The number of nitrogens with zero attached hydrogens (tertiary/aromatic N) is 2. The summed E-state index contributed by atoms with van der Waals surface area (Å²) in [5, 5.41) is 10.1. The highest BCUT2D eigenvalue weighted by atomic mass is 35.5. The predicted octanol–water partition coefficient (Wildman–Crippen LogP) is 4.38. The van der Waals surface area contributed by atoms with E-state index in [0.29, 0.717) is 16.0 Å². The molecule has 1 aromatic heterocycles. The molecule has 0 aliphatic heterocycles. The van der Waals surface area contributed by atoms with E-state index in [-0.39, 0.29) is 11.6 Å². The number of thioether (sulfide) groups is 1. The number of amides is 1. The molecule has 128 valence electrons. The SMILES string of the molecule is CC(Sc1n[nH]c(-c2ccc(Cl)cc2)n1)C(=O)Nc1ccccc1F. The molecule has 1 amide bonds. The Labute approximate surface area is 153 Å². The van der Waals surface area contributed by atoms with Crippen molar-refractivity contribution in [3.8, 4) is 11.4 Å². The Morgan fingerprint density at radius 3 is 2.68 bits per heavy atom. The molecule has 1 unspecified atom stereocenters. The van der Waals surface area contributed by atoms with Gasteiger partial charge in [-0.2, -0.15) is 0 Å². The van der Waals surface area contributed by atoms with Gasteiger partial charge in [-0.3, -0.25) is 9.89 Å². The summed E-state index contributed by atoms with van der Waals surface area (Å²) in [6, 6.07) is 13.2. The first kappa shape index (κ1) is 17.4. The van der Waals surface area contributed by atoms with E-state index in [1.54, 1.807) is 31.2 Å². The Bertz CT molecular complexity index is 884. The molecule has 1 atom stereocenters. The van der Waals surface area contributed by atoms with Gasteiger partial charge in [0.1, 0.15) is 5.82 Å². The molecule has 0 saturated carbocycles. The molecule has 0 radical (unpaired) electrons. The molecule has 0 fully saturated rings. The van der Waals surface area contributed by atoms with E-state index in [1.165, 1.54) is 23.9 Å². The molecule has 0 bridgehead atoms. The number of aromatic amines is 1. The van der Waals surface area contributed by atoms with Crippen LogP contribution in [0.5, 0.6) is 0 Å². The maximum absolute atomic E-state index is 13.6. The monoisotopic (exact) mass is 376 g/mol. The fourth-order valence-electron chi connectivity index (χ4n) is 2.04. The first-order valence-corrected chi connectivity index (χ1v) is 8.69. The Morgan fingerprint density at radius 1 is 1.24 bits per heavy atom. The smallest absolute Gasteiger partial charge is 0.237 e. The standard InChI is InChI=1S/C17H14ClFN4OS/c1-10(16(24)20-14-5-3-2-4-13(14)19)25-17-21-15(22-23-17)11-6-8-12(18)9-7-11/h2-10H,1H3,(H,20,24)(H,21,22,23). The third kappa shape index (κ3) is 4.37. The highest BCUT2D eigenvalue weighted by Crippen LogP contribution is 2.24. The van der Waals surface area contributed by atoms with Crippen LogP contribution in [0.15, 0.2) is 53.7 Å². The van der Waals surface area contributed by atoms with Crippen LogP contribution in [0.2, 0.25) is 5.02 Å². The van der Waals surface area contributed by atoms with Crippen molar-refractivity contribution in [2.75, 3.05) is 5.32 Å². The molecule has 2 aromatic carbocycles. The second kappa shape index (κ2) is 7.67. The summed E-state index contributed by atoms with van der Waals surface area (Å²) < 4.78 is 13.6. The van der Waals surface area contributed by atoms with Crippen molar-refractivity contribution in [2.45, 2.75) is 17.3 Å². The highest BCUT2D eigenvalue weighted by Gasteiger charge is 2.18. The van der Waals surface area contributed by atoms with Crippen LogP contribution in [0.25, 0.3) is 11.4 Å². The zero-order chi connectivity index (χ0) is 17.8. The van der Waals surface area contributed by atoms with Crippen molar-refractivity contribution in [3.63, 3.8) is 0 Å². The van der Waals surface area contributed by atoms with Gasteiger partial charge in [0.05, 0.1) is 10.9 Å². The topological polar surface area (TPSA) is 70.7 Å². The van der Waals surface area contributed by atoms with Crippen LogP contribution in [0.1, 0.15) is 6.92 Å². The number of hydrogen-bond donors (Lipinski definition) is 2. The Hall–Kier alpha value is -2.38. The molecule has 5 nitrogen and oxygen atoms in total. The normalized spacial score (nSPS) is 12.0. The third-order valence-electron chi connectivity index (χ3n) is 3.37. The quantitative estimate of drug-likeness (QED) is 0.648. The minimum Gasteiger partial charge on any atom is -0.323 e. The van der Waals surface area contributed by atoms with Crippen molar-refractivity contribution in [1.82, 2.24) is 15.2 Å². The van der Waals surface area contributed by atoms with Crippen LogP contribution in [0, 0.1) is 5.82 Å². The Kier molecular flexibility index (Phi) is 5.35. The van der Waals surface area contributed by atoms with E-state index in [0.717, 1.165) is 5.56 Å². The van der Waals surface area contributed by atoms with Gasteiger partial charge in [0.2, 0.25) is 11.1 Å². The lowest BCUT2D eigenvalue weighted by atomic mass is 10.2. The molecule has 25 heavy (non-hydrogen) atoms. The first-order valence-electron chi connectivity index (χ1n) is 7.43. The van der Waals surface area contributed by atoms with Crippen molar-refractivity contribution in [1.29, 1.82) is 0 Å². The van der Waals surface area contributed by atoms with Crippen molar-refractivity contribution >= 4 is 35.0 Å². The predicted molar refractivity (Wildman–Crippen MR) is 97.2 cm³/mol. The van der Waals surface area contributed by atoms with Gasteiger partial charge >= 0.3 is 0 Å². The van der Waals surface area contributed by atoms with Gasteiger partial charge in [0.15, 0.2) is 5.82 Å². The summed E-state index contributed by atoms with van der Waals surface area (Å²) in [6.45, 7) is 1.71. The number of hydrogen-bond acceptors (Lipinski definition) is 4. The number of benzene rings is 2. The van der Waals surface area contributed by atoms with E-state index in [4.69, 9.17) is 11.6 Å². The Balaban J connectivity index is 1.65. The zero-order valence-electron chi connectivity index (χ0n) is 13.2. The third-order valence-corrected chi connectivity index (χ3v) is 4.58. The van der Waals surface area contributed by atoms with Crippen molar-refractivity contribution in [2.24, 2.45) is 0 Å². The van der Waals surface area contributed by atoms with Crippen LogP contribution < -0.4 is 5.32 Å². The summed E-state index contributed by atoms with van der Waals surface area (Å²) in [7, 11) is 0. The number of aromatic nitrogens is 3. The number of H-pyrrole nitrogens is 1. The molecule has 0 saturated heterocycles. The Morgan fingerprint density at radius 2 is 1.96 bits per heavy atom. The van der Waals surface area contributed by atoms with Crippen LogP contribution in [0.3, 0.4) is 0 Å². The molecule has 0 aliphatic rings. The molecular formula is C17H14ClFN4OS. The van der Waals surface area contributed by atoms with Gasteiger partial charge in [0, 0.05) is 10.6 Å². The summed E-state index contributed by atoms with van der Waals surface area (Å²) in [5.74, 6) is -0.218. The van der Waals surface area contributed by atoms with E-state index in [2.05, 4.69) is 20.5 Å². The molecule has 1 heterocycles. The highest BCUT2D eigenvalue weighted by molar-refractivity contribution is 8.00. The summed E-state index contributed by atoms with van der Waals surface area (Å²) >= 11 is 7.05. The van der Waals surface area contributed by atoms with Crippen LogP contribution in [0.4, 0.5) is 10.1 Å². The minimum atomic E-state index is -0.492. The fraction of sp³-hybridized carbons (Fsp3) is 0.118. The van der Waals surface area contributed by atoms with Crippen molar-refractivity contribution < 1.29 is 9.18 Å². The maximum Gasteiger partial charge on any atom is 0.237 e. The summed E-state index contributed by atoms with van der Waals surface area (Å²) in [4.78, 5) is 16.6. The number of carbonyl (C=O) groups excluding carboxylic acids is 1. The molecule has 0 aliphatic carbocycles. The molecular weight excluding hydrogens is 363 g/mol. The van der Waals surface area contributed by atoms with Crippen LogP contribution >= 0.6 is 23.4 Å². The van der Waals surface area contributed by atoms with E-state index in [9.17, 15) is 9.18 Å². The maximum atomic E-state index is 13.6. The van der Waals surface area contributed by atoms with Crippen molar-refractivity contribution in [3.05, 3.63) is 59.4 Å². The van der Waals surface area contributed by atoms with Crippen LogP contribution in [-0.2, 0) is 4.79 Å². The molecule has 0 spiro atoms. The summed E-state index contributed by atoms with van der Waals surface area (Å²) in [5.41, 5.74) is 0.990. The zero-order valence-corrected chi connectivity index (χ0v) is 14.7. The number of para-hydroxylation sites is 1. The second-order valence-electron chi connectivity index (χ2n) is 5.20. The minimum absolute atomic E-state index is 0.150. The fourth-order valence-corrected chi connectivity index (χ4v) is 2.90.